The Labute approximate surface area is 156 Å². The van der Waals surface area contributed by atoms with Gasteiger partial charge in [0, 0.05) is 11.1 Å². The first-order valence-corrected chi connectivity index (χ1v) is 8.70. The van der Waals surface area contributed by atoms with Gasteiger partial charge in [-0.15, -0.1) is 0 Å². The van der Waals surface area contributed by atoms with Crippen LogP contribution in [0.4, 0.5) is 0 Å². The van der Waals surface area contributed by atoms with Crippen LogP contribution in [0.3, 0.4) is 0 Å². The maximum absolute atomic E-state index is 11.3. The summed E-state index contributed by atoms with van der Waals surface area (Å²) < 4.78 is 0. The Hall–Kier alpha value is -3.58. The van der Waals surface area contributed by atoms with Crippen LogP contribution in [0.25, 0.3) is 0 Å². The fraction of sp³-hybridized carbons (Fsp3) is 0.130. The molecule has 0 heterocycles. The van der Waals surface area contributed by atoms with Crippen molar-refractivity contribution in [2.75, 3.05) is 0 Å². The van der Waals surface area contributed by atoms with Crippen molar-refractivity contribution in [2.45, 2.75) is 18.5 Å². The van der Waals surface area contributed by atoms with E-state index in [9.17, 15) is 9.59 Å². The number of carbonyl (C=O) groups excluding carboxylic acids is 2. The summed E-state index contributed by atoms with van der Waals surface area (Å²) in [7, 11) is 0. The fourth-order valence-corrected chi connectivity index (χ4v) is 3.87. The molecule has 0 aromatic heterocycles. The van der Waals surface area contributed by atoms with Crippen molar-refractivity contribution in [2.24, 2.45) is 9.98 Å². The molecule has 3 aromatic carbocycles. The van der Waals surface area contributed by atoms with Gasteiger partial charge < -0.3 is 0 Å². The predicted octanol–water partition coefficient (Wildman–Crippen LogP) is 4.05. The largest absolute Gasteiger partial charge is 0.238 e. The number of hydrogen-bond donors (Lipinski definition) is 0. The monoisotopic (exact) mass is 352 g/mol. The Morgan fingerprint density at radius 2 is 1.26 bits per heavy atom. The highest BCUT2D eigenvalue weighted by Crippen LogP contribution is 2.40. The summed E-state index contributed by atoms with van der Waals surface area (Å²) in [6.45, 7) is 0. The van der Waals surface area contributed by atoms with Crippen molar-refractivity contribution in [3.63, 3.8) is 0 Å². The fourth-order valence-electron chi connectivity index (χ4n) is 3.87. The predicted molar refractivity (Wildman–Crippen MR) is 102 cm³/mol. The van der Waals surface area contributed by atoms with Crippen LogP contribution < -0.4 is 0 Å². The molecule has 4 nitrogen and oxygen atoms in total. The van der Waals surface area contributed by atoms with E-state index < -0.39 is 5.66 Å². The lowest BCUT2D eigenvalue weighted by atomic mass is 9.79. The third-order valence-electron chi connectivity index (χ3n) is 5.11. The van der Waals surface area contributed by atoms with Gasteiger partial charge in [0.2, 0.25) is 17.8 Å². The van der Waals surface area contributed by atoms with Crippen molar-refractivity contribution in [1.29, 1.82) is 0 Å². The first-order chi connectivity index (χ1) is 13.3. The molecule has 0 spiro atoms. The Bertz CT molecular complexity index is 1070. The zero-order valence-electron chi connectivity index (χ0n) is 14.6. The number of hydrogen-bond acceptors (Lipinski definition) is 4. The van der Waals surface area contributed by atoms with Crippen molar-refractivity contribution in [3.05, 3.63) is 106 Å². The van der Waals surface area contributed by atoms with Gasteiger partial charge in [-0.2, -0.15) is 9.98 Å². The minimum Gasteiger partial charge on any atom is -0.211 e. The van der Waals surface area contributed by atoms with Gasteiger partial charge in [0.15, 0.2) is 0 Å². The summed E-state index contributed by atoms with van der Waals surface area (Å²) >= 11 is 0. The van der Waals surface area contributed by atoms with Crippen LogP contribution in [0.5, 0.6) is 0 Å². The van der Waals surface area contributed by atoms with Crippen molar-refractivity contribution in [1.82, 2.24) is 0 Å². The molecule has 0 radical (unpaired) electrons. The molecule has 0 fully saturated rings. The Balaban J connectivity index is 1.99. The maximum Gasteiger partial charge on any atom is 0.238 e. The van der Waals surface area contributed by atoms with E-state index in [1.54, 1.807) is 24.3 Å². The minimum absolute atomic E-state index is 0.629. The number of fused-ring (bicyclic) bond motifs is 2. The number of isocyanates is 2. The topological polar surface area (TPSA) is 58.9 Å². The molecule has 0 bridgehead atoms. The van der Waals surface area contributed by atoms with Crippen LogP contribution in [0.15, 0.2) is 82.8 Å². The van der Waals surface area contributed by atoms with Gasteiger partial charge in [-0.05, 0) is 35.1 Å². The molecule has 0 atom stereocenters. The molecule has 0 saturated heterocycles. The summed E-state index contributed by atoms with van der Waals surface area (Å²) in [6.07, 6.45) is 4.72. The van der Waals surface area contributed by atoms with Crippen molar-refractivity contribution in [3.8, 4) is 0 Å². The summed E-state index contributed by atoms with van der Waals surface area (Å²) in [5.74, 6) is 0. The van der Waals surface area contributed by atoms with Gasteiger partial charge in [-0.3, -0.25) is 0 Å². The van der Waals surface area contributed by atoms with Gasteiger partial charge in [0.1, 0.15) is 0 Å². The molecule has 1 aliphatic rings. The number of aliphatic imine (C=N–C) groups is 2. The van der Waals surface area contributed by atoms with E-state index in [2.05, 4.69) is 28.2 Å². The third kappa shape index (κ3) is 2.84. The number of rotatable bonds is 4. The normalized spacial score (nSPS) is 13.9. The zero-order valence-corrected chi connectivity index (χ0v) is 14.6. The van der Waals surface area contributed by atoms with Gasteiger partial charge in [-0.1, -0.05) is 72.8 Å². The highest BCUT2D eigenvalue weighted by atomic mass is 16.1. The SMILES string of the molecule is O=C=NC(N=C=O)(c1ccccc1)c1cccc2c1Cc1ccccc1C2. The van der Waals surface area contributed by atoms with E-state index in [-0.39, 0.29) is 0 Å². The number of nitrogens with zero attached hydrogens (tertiary/aromatic N) is 2. The maximum atomic E-state index is 11.3. The molecular weight excluding hydrogens is 336 g/mol. The molecule has 0 aliphatic heterocycles. The molecular formula is C23H16N2O2. The zero-order chi connectivity index (χ0) is 18.7. The van der Waals surface area contributed by atoms with Crippen LogP contribution in [0, 0.1) is 0 Å². The van der Waals surface area contributed by atoms with Crippen molar-refractivity contribution >= 4 is 12.2 Å². The first-order valence-electron chi connectivity index (χ1n) is 8.70. The quantitative estimate of drug-likeness (QED) is 0.411. The summed E-state index contributed by atoms with van der Waals surface area (Å²) in [4.78, 5) is 30.7. The second-order valence-corrected chi connectivity index (χ2v) is 6.51. The minimum atomic E-state index is -1.47. The van der Waals surface area contributed by atoms with Gasteiger partial charge >= 0.3 is 0 Å². The molecule has 0 N–H and O–H groups in total. The lowest BCUT2D eigenvalue weighted by Crippen LogP contribution is -2.26. The lowest BCUT2D eigenvalue weighted by molar-refractivity contribution is 0.514. The van der Waals surface area contributed by atoms with Crippen LogP contribution in [0.1, 0.15) is 33.4 Å². The second-order valence-electron chi connectivity index (χ2n) is 6.51. The van der Waals surface area contributed by atoms with E-state index >= 15 is 0 Å². The molecule has 3 aromatic rings. The lowest BCUT2D eigenvalue weighted by Gasteiger charge is -2.29. The Kier molecular flexibility index (Phi) is 4.35. The molecule has 4 rings (SSSR count). The van der Waals surface area contributed by atoms with Gasteiger partial charge in [0.25, 0.3) is 0 Å². The highest BCUT2D eigenvalue weighted by Gasteiger charge is 2.37. The summed E-state index contributed by atoms with van der Waals surface area (Å²) in [6, 6.07) is 23.3. The Morgan fingerprint density at radius 3 is 1.93 bits per heavy atom. The molecule has 0 saturated carbocycles. The standard InChI is InChI=1S/C23H16N2O2/c26-15-24-23(25-16-27,20-10-2-1-3-11-20)22-12-6-9-19-13-17-7-4-5-8-18(17)14-21(19)22/h1-12H,13-14H2. The van der Waals surface area contributed by atoms with Crippen LogP contribution in [0.2, 0.25) is 0 Å². The van der Waals surface area contributed by atoms with Crippen LogP contribution >= 0.6 is 0 Å². The molecule has 0 unspecified atom stereocenters. The summed E-state index contributed by atoms with van der Waals surface area (Å²) in [5.41, 5.74) is 4.57. The molecule has 0 amide bonds. The van der Waals surface area contributed by atoms with E-state index in [0.29, 0.717) is 17.5 Å². The average Bonchev–Trinajstić information content (AvgIpc) is 2.72. The van der Waals surface area contributed by atoms with E-state index in [0.717, 1.165) is 17.5 Å². The molecule has 27 heavy (non-hydrogen) atoms. The van der Waals surface area contributed by atoms with E-state index in [1.165, 1.54) is 11.1 Å². The molecule has 4 heteroatoms. The second kappa shape index (κ2) is 6.97. The summed E-state index contributed by atoms with van der Waals surface area (Å²) in [5, 5.41) is 0. The molecule has 130 valence electrons. The molecule has 1 aliphatic carbocycles. The van der Waals surface area contributed by atoms with Gasteiger partial charge in [-0.25, -0.2) is 9.59 Å². The smallest absolute Gasteiger partial charge is 0.211 e. The van der Waals surface area contributed by atoms with E-state index in [1.807, 2.05) is 42.5 Å². The third-order valence-corrected chi connectivity index (χ3v) is 5.11. The first kappa shape index (κ1) is 16.9. The van der Waals surface area contributed by atoms with Crippen LogP contribution in [-0.2, 0) is 28.1 Å². The average molecular weight is 352 g/mol. The Morgan fingerprint density at radius 1 is 0.667 bits per heavy atom. The van der Waals surface area contributed by atoms with E-state index in [4.69, 9.17) is 0 Å². The highest BCUT2D eigenvalue weighted by molar-refractivity contribution is 5.56. The van der Waals surface area contributed by atoms with Crippen LogP contribution in [-0.4, -0.2) is 12.2 Å². The number of benzene rings is 3. The van der Waals surface area contributed by atoms with Gasteiger partial charge in [0.05, 0.1) is 0 Å². The van der Waals surface area contributed by atoms with Crippen molar-refractivity contribution < 1.29 is 9.59 Å².